The summed E-state index contributed by atoms with van der Waals surface area (Å²) in [7, 11) is 0. The maximum Gasteiger partial charge on any atom is 0.344 e. The van der Waals surface area contributed by atoms with Gasteiger partial charge in [0.2, 0.25) is 6.10 Å². The molecule has 0 saturated carbocycles. The van der Waals surface area contributed by atoms with Crippen LogP contribution in [-0.4, -0.2) is 43.7 Å². The summed E-state index contributed by atoms with van der Waals surface area (Å²) in [5.74, 6) is -0.463. The number of benzene rings is 2. The SMILES string of the molecule is Cc1ccc(C)c(OCC(=O)OCC(=O)NNC(=O)[C@H]2COc3ccccc3O2)c1. The van der Waals surface area contributed by atoms with Crippen LogP contribution in [0.5, 0.6) is 17.2 Å². The van der Waals surface area contributed by atoms with Crippen molar-refractivity contribution in [2.75, 3.05) is 19.8 Å². The van der Waals surface area contributed by atoms with Crippen LogP contribution in [0.4, 0.5) is 0 Å². The minimum atomic E-state index is -0.922. The van der Waals surface area contributed by atoms with Crippen LogP contribution < -0.4 is 25.1 Å². The highest BCUT2D eigenvalue weighted by Crippen LogP contribution is 2.30. The van der Waals surface area contributed by atoms with Crippen molar-refractivity contribution in [2.45, 2.75) is 20.0 Å². The number of ether oxygens (including phenoxy) is 4. The Labute approximate surface area is 173 Å². The topological polar surface area (TPSA) is 112 Å². The summed E-state index contributed by atoms with van der Waals surface area (Å²) < 4.78 is 21.2. The molecule has 30 heavy (non-hydrogen) atoms. The summed E-state index contributed by atoms with van der Waals surface area (Å²) >= 11 is 0. The van der Waals surface area contributed by atoms with Crippen LogP contribution in [0.2, 0.25) is 0 Å². The van der Waals surface area contributed by atoms with Crippen molar-refractivity contribution >= 4 is 17.8 Å². The standard InChI is InChI=1S/C21H22N2O7/c1-13-7-8-14(2)17(9-13)28-12-20(25)29-11-19(24)22-23-21(26)18-10-27-15-5-3-4-6-16(15)30-18/h3-9,18H,10-12H2,1-2H3,(H,22,24)(H,23,26)/t18-/m1/s1. The fourth-order valence-corrected chi connectivity index (χ4v) is 2.58. The van der Waals surface area contributed by atoms with Crippen LogP contribution in [0.15, 0.2) is 42.5 Å². The molecule has 2 aromatic rings. The molecule has 0 bridgehead atoms. The third-order valence-corrected chi connectivity index (χ3v) is 4.18. The number of amides is 2. The molecule has 9 nitrogen and oxygen atoms in total. The highest BCUT2D eigenvalue weighted by Gasteiger charge is 2.27. The number of aryl methyl sites for hydroxylation is 2. The van der Waals surface area contributed by atoms with Crippen molar-refractivity contribution in [3.63, 3.8) is 0 Å². The lowest BCUT2D eigenvalue weighted by atomic mass is 10.1. The molecule has 3 rings (SSSR count). The quantitative estimate of drug-likeness (QED) is 0.540. The lowest BCUT2D eigenvalue weighted by Crippen LogP contribution is -2.51. The first-order valence-electron chi connectivity index (χ1n) is 9.25. The van der Waals surface area contributed by atoms with Crippen LogP contribution in [0.25, 0.3) is 0 Å². The van der Waals surface area contributed by atoms with Gasteiger partial charge in [-0.15, -0.1) is 0 Å². The molecule has 1 atom stereocenters. The Balaban J connectivity index is 1.36. The van der Waals surface area contributed by atoms with Gasteiger partial charge in [-0.05, 0) is 43.2 Å². The minimum Gasteiger partial charge on any atom is -0.485 e. The van der Waals surface area contributed by atoms with E-state index in [0.717, 1.165) is 11.1 Å². The molecule has 0 fully saturated rings. The molecule has 1 heterocycles. The van der Waals surface area contributed by atoms with Crippen LogP contribution in [0, 0.1) is 13.8 Å². The number of hydrogen-bond acceptors (Lipinski definition) is 7. The van der Waals surface area contributed by atoms with Gasteiger partial charge in [0.05, 0.1) is 0 Å². The normalized spacial score (nSPS) is 14.4. The van der Waals surface area contributed by atoms with E-state index in [1.165, 1.54) is 0 Å². The molecule has 9 heteroatoms. The predicted octanol–water partition coefficient (Wildman–Crippen LogP) is 1.21. The largest absolute Gasteiger partial charge is 0.485 e. The average molecular weight is 414 g/mol. The van der Waals surface area contributed by atoms with Crippen LogP contribution in [0.1, 0.15) is 11.1 Å². The zero-order valence-corrected chi connectivity index (χ0v) is 16.6. The molecule has 0 unspecified atom stereocenters. The van der Waals surface area contributed by atoms with Gasteiger partial charge in [-0.3, -0.25) is 20.4 Å². The molecule has 0 aliphatic carbocycles. The summed E-state index contributed by atoms with van der Waals surface area (Å²) in [5, 5.41) is 0. The van der Waals surface area contributed by atoms with Gasteiger partial charge in [-0.1, -0.05) is 24.3 Å². The fraction of sp³-hybridized carbons (Fsp3) is 0.286. The summed E-state index contributed by atoms with van der Waals surface area (Å²) in [5.41, 5.74) is 6.24. The summed E-state index contributed by atoms with van der Waals surface area (Å²) in [6, 6.07) is 12.6. The number of para-hydroxylation sites is 2. The smallest absolute Gasteiger partial charge is 0.344 e. The van der Waals surface area contributed by atoms with E-state index in [1.54, 1.807) is 30.3 Å². The molecule has 1 aliphatic heterocycles. The predicted molar refractivity (Wildman–Crippen MR) is 105 cm³/mol. The number of esters is 1. The Bertz CT molecular complexity index is 945. The third-order valence-electron chi connectivity index (χ3n) is 4.18. The number of fused-ring (bicyclic) bond motifs is 1. The van der Waals surface area contributed by atoms with Crippen molar-refractivity contribution in [1.29, 1.82) is 0 Å². The van der Waals surface area contributed by atoms with Gasteiger partial charge < -0.3 is 18.9 Å². The minimum absolute atomic E-state index is 0.00339. The van der Waals surface area contributed by atoms with Gasteiger partial charge in [0.25, 0.3) is 11.8 Å². The molecule has 0 saturated heterocycles. The number of hydrazine groups is 1. The summed E-state index contributed by atoms with van der Waals surface area (Å²) in [4.78, 5) is 35.7. The molecule has 1 aliphatic rings. The molecule has 2 aromatic carbocycles. The summed E-state index contributed by atoms with van der Waals surface area (Å²) in [6.07, 6.45) is -0.922. The Kier molecular flexibility index (Phi) is 6.74. The number of carbonyl (C=O) groups is 3. The van der Waals surface area contributed by atoms with Crippen LogP contribution in [-0.2, 0) is 19.1 Å². The second kappa shape index (κ2) is 9.64. The van der Waals surface area contributed by atoms with Gasteiger partial charge in [0.15, 0.2) is 24.7 Å². The van der Waals surface area contributed by atoms with Gasteiger partial charge >= 0.3 is 5.97 Å². The maximum atomic E-state index is 12.1. The van der Waals surface area contributed by atoms with Crippen molar-refractivity contribution in [1.82, 2.24) is 10.9 Å². The number of rotatable bonds is 6. The van der Waals surface area contributed by atoms with E-state index in [2.05, 4.69) is 10.9 Å². The lowest BCUT2D eigenvalue weighted by molar-refractivity contribution is -0.151. The van der Waals surface area contributed by atoms with E-state index < -0.39 is 30.5 Å². The Morgan fingerprint density at radius 2 is 1.80 bits per heavy atom. The van der Waals surface area contributed by atoms with Crippen LogP contribution >= 0.6 is 0 Å². The van der Waals surface area contributed by atoms with Crippen molar-refractivity contribution < 1.29 is 33.3 Å². The zero-order valence-electron chi connectivity index (χ0n) is 16.6. The van der Waals surface area contributed by atoms with E-state index in [1.807, 2.05) is 26.0 Å². The number of nitrogens with one attached hydrogen (secondary N) is 2. The molecule has 0 spiro atoms. The van der Waals surface area contributed by atoms with Gasteiger partial charge in [-0.25, -0.2) is 4.79 Å². The monoisotopic (exact) mass is 414 g/mol. The molecular formula is C21H22N2O7. The second-order valence-corrected chi connectivity index (χ2v) is 6.62. The molecular weight excluding hydrogens is 392 g/mol. The molecule has 0 radical (unpaired) electrons. The van der Waals surface area contributed by atoms with Crippen molar-refractivity contribution in [3.05, 3.63) is 53.6 Å². The van der Waals surface area contributed by atoms with Crippen molar-refractivity contribution in [2.24, 2.45) is 0 Å². The maximum absolute atomic E-state index is 12.1. The molecule has 158 valence electrons. The second-order valence-electron chi connectivity index (χ2n) is 6.62. The number of hydrogen-bond donors (Lipinski definition) is 2. The van der Waals surface area contributed by atoms with Gasteiger partial charge in [-0.2, -0.15) is 0 Å². The molecule has 2 N–H and O–H groups in total. The van der Waals surface area contributed by atoms with Crippen molar-refractivity contribution in [3.8, 4) is 17.2 Å². The summed E-state index contributed by atoms with van der Waals surface area (Å²) in [6.45, 7) is 2.86. The highest BCUT2D eigenvalue weighted by atomic mass is 16.6. The molecule has 0 aromatic heterocycles. The Morgan fingerprint density at radius 1 is 1.03 bits per heavy atom. The number of carbonyl (C=O) groups excluding carboxylic acids is 3. The van der Waals surface area contributed by atoms with E-state index >= 15 is 0 Å². The van der Waals surface area contributed by atoms with E-state index in [0.29, 0.717) is 17.2 Å². The van der Waals surface area contributed by atoms with E-state index in [-0.39, 0.29) is 13.2 Å². The van der Waals surface area contributed by atoms with Gasteiger partial charge in [0.1, 0.15) is 12.4 Å². The van der Waals surface area contributed by atoms with E-state index in [9.17, 15) is 14.4 Å². The Hall–Kier alpha value is -3.75. The van der Waals surface area contributed by atoms with Gasteiger partial charge in [0, 0.05) is 0 Å². The first-order valence-corrected chi connectivity index (χ1v) is 9.25. The molecule has 2 amide bonds. The fourth-order valence-electron chi connectivity index (χ4n) is 2.58. The third kappa shape index (κ3) is 5.63. The zero-order chi connectivity index (χ0) is 21.5. The highest BCUT2D eigenvalue weighted by molar-refractivity contribution is 5.86. The average Bonchev–Trinajstić information content (AvgIpc) is 2.76. The Morgan fingerprint density at radius 3 is 2.60 bits per heavy atom. The first-order chi connectivity index (χ1) is 14.4. The lowest BCUT2D eigenvalue weighted by Gasteiger charge is -2.25. The first kappa shape index (κ1) is 21.0. The van der Waals surface area contributed by atoms with E-state index in [4.69, 9.17) is 18.9 Å². The van der Waals surface area contributed by atoms with Crippen LogP contribution in [0.3, 0.4) is 0 Å².